The number of carbonyl (C=O) groups is 1. The molecule has 24 heavy (non-hydrogen) atoms. The van der Waals surface area contributed by atoms with Crippen molar-refractivity contribution in [3.8, 4) is 17.1 Å². The van der Waals surface area contributed by atoms with Gasteiger partial charge in [-0.25, -0.2) is 0 Å². The predicted molar refractivity (Wildman–Crippen MR) is 91.1 cm³/mol. The molecule has 2 atom stereocenters. The standard InChI is InChI=1S/C16H20N4O3.ClH/c1-10(18-15(21)12-7-5-9-17-12)16-19-14(20-23-16)11-6-3-4-8-13(11)22-2;/h3-4,6,8,10,12,17H,5,7,9H2,1-2H3,(H,18,21);1H. The second kappa shape index (κ2) is 8.12. The van der Waals surface area contributed by atoms with Crippen molar-refractivity contribution in [2.45, 2.75) is 31.8 Å². The third kappa shape index (κ3) is 3.85. The van der Waals surface area contributed by atoms with Crippen LogP contribution in [0.1, 0.15) is 31.7 Å². The van der Waals surface area contributed by atoms with Crippen LogP contribution in [0.25, 0.3) is 11.4 Å². The molecular formula is C16H21ClN4O3. The smallest absolute Gasteiger partial charge is 0.249 e. The van der Waals surface area contributed by atoms with Gasteiger partial charge in [0, 0.05) is 0 Å². The van der Waals surface area contributed by atoms with E-state index in [0.717, 1.165) is 24.9 Å². The quantitative estimate of drug-likeness (QED) is 0.856. The van der Waals surface area contributed by atoms with E-state index < -0.39 is 0 Å². The Morgan fingerprint density at radius 1 is 1.46 bits per heavy atom. The molecule has 2 aromatic rings. The van der Waals surface area contributed by atoms with E-state index in [1.165, 1.54) is 0 Å². The van der Waals surface area contributed by atoms with Gasteiger partial charge in [-0.15, -0.1) is 12.4 Å². The molecule has 0 radical (unpaired) electrons. The summed E-state index contributed by atoms with van der Waals surface area (Å²) in [5.41, 5.74) is 0.751. The molecule has 3 rings (SSSR count). The summed E-state index contributed by atoms with van der Waals surface area (Å²) < 4.78 is 10.6. The van der Waals surface area contributed by atoms with Gasteiger partial charge in [0.05, 0.1) is 18.7 Å². The van der Waals surface area contributed by atoms with Crippen LogP contribution < -0.4 is 15.4 Å². The Kier molecular flexibility index (Phi) is 6.16. The van der Waals surface area contributed by atoms with Crippen molar-refractivity contribution in [3.63, 3.8) is 0 Å². The monoisotopic (exact) mass is 352 g/mol. The molecule has 0 aliphatic carbocycles. The second-order valence-electron chi connectivity index (χ2n) is 5.54. The minimum Gasteiger partial charge on any atom is -0.496 e. The number of aromatic nitrogens is 2. The van der Waals surface area contributed by atoms with Crippen molar-refractivity contribution in [1.29, 1.82) is 0 Å². The zero-order valence-corrected chi connectivity index (χ0v) is 14.4. The van der Waals surface area contributed by atoms with E-state index in [1.54, 1.807) is 7.11 Å². The van der Waals surface area contributed by atoms with Crippen LogP contribution in [0.2, 0.25) is 0 Å². The molecule has 0 saturated carbocycles. The van der Waals surface area contributed by atoms with E-state index in [4.69, 9.17) is 9.26 Å². The lowest BCUT2D eigenvalue weighted by atomic mass is 10.2. The molecule has 2 heterocycles. The summed E-state index contributed by atoms with van der Waals surface area (Å²) in [6.45, 7) is 2.71. The molecule has 1 aromatic carbocycles. The summed E-state index contributed by atoms with van der Waals surface area (Å²) >= 11 is 0. The number of carbonyl (C=O) groups excluding carboxylic acids is 1. The fraction of sp³-hybridized carbons (Fsp3) is 0.438. The highest BCUT2D eigenvalue weighted by atomic mass is 35.5. The normalized spacial score (nSPS) is 17.8. The summed E-state index contributed by atoms with van der Waals surface area (Å²) in [6.07, 6.45) is 1.87. The number of para-hydroxylation sites is 1. The minimum absolute atomic E-state index is 0. The van der Waals surface area contributed by atoms with E-state index in [2.05, 4.69) is 20.8 Å². The number of hydrogen-bond acceptors (Lipinski definition) is 6. The van der Waals surface area contributed by atoms with Crippen LogP contribution in [0, 0.1) is 0 Å². The highest BCUT2D eigenvalue weighted by Crippen LogP contribution is 2.27. The lowest BCUT2D eigenvalue weighted by molar-refractivity contribution is -0.123. The number of nitrogens with one attached hydrogen (secondary N) is 2. The predicted octanol–water partition coefficient (Wildman–Crippen LogP) is 2.10. The Bertz CT molecular complexity index is 685. The lowest BCUT2D eigenvalue weighted by Gasteiger charge is -2.14. The SMILES string of the molecule is COc1ccccc1-c1noc(C(C)NC(=O)C2CCCN2)n1.Cl. The maximum absolute atomic E-state index is 12.1. The first kappa shape index (κ1) is 18.2. The molecule has 7 nitrogen and oxygen atoms in total. The van der Waals surface area contributed by atoms with Gasteiger partial charge in [0.25, 0.3) is 0 Å². The number of ether oxygens (including phenoxy) is 1. The highest BCUT2D eigenvalue weighted by molar-refractivity contribution is 5.85. The van der Waals surface area contributed by atoms with Crippen LogP contribution in [-0.4, -0.2) is 35.7 Å². The summed E-state index contributed by atoms with van der Waals surface area (Å²) in [4.78, 5) is 16.5. The van der Waals surface area contributed by atoms with Gasteiger partial charge in [0.15, 0.2) is 0 Å². The van der Waals surface area contributed by atoms with Crippen LogP contribution in [-0.2, 0) is 4.79 Å². The first-order valence-electron chi connectivity index (χ1n) is 7.70. The third-order valence-corrected chi connectivity index (χ3v) is 3.90. The largest absolute Gasteiger partial charge is 0.496 e. The number of benzene rings is 1. The average molecular weight is 353 g/mol. The Labute approximate surface area is 146 Å². The molecule has 2 N–H and O–H groups in total. The van der Waals surface area contributed by atoms with Gasteiger partial charge in [-0.2, -0.15) is 4.98 Å². The zero-order valence-electron chi connectivity index (χ0n) is 13.6. The topological polar surface area (TPSA) is 89.3 Å². The van der Waals surface area contributed by atoms with Crippen molar-refractivity contribution < 1.29 is 14.1 Å². The molecular weight excluding hydrogens is 332 g/mol. The zero-order chi connectivity index (χ0) is 16.2. The van der Waals surface area contributed by atoms with E-state index >= 15 is 0 Å². The van der Waals surface area contributed by atoms with Crippen molar-refractivity contribution in [3.05, 3.63) is 30.2 Å². The average Bonchev–Trinajstić information content (AvgIpc) is 3.26. The Morgan fingerprint density at radius 3 is 2.96 bits per heavy atom. The number of amides is 1. The summed E-state index contributed by atoms with van der Waals surface area (Å²) in [5, 5.41) is 10.1. The fourth-order valence-corrected chi connectivity index (χ4v) is 2.63. The Balaban J connectivity index is 0.00000208. The maximum Gasteiger partial charge on any atom is 0.249 e. The molecule has 1 amide bonds. The molecule has 1 fully saturated rings. The van der Waals surface area contributed by atoms with Crippen LogP contribution in [0.3, 0.4) is 0 Å². The van der Waals surface area contributed by atoms with Gasteiger partial charge in [0.1, 0.15) is 11.8 Å². The van der Waals surface area contributed by atoms with E-state index in [9.17, 15) is 4.79 Å². The number of nitrogens with zero attached hydrogens (tertiary/aromatic N) is 2. The van der Waals surface area contributed by atoms with Crippen LogP contribution >= 0.6 is 12.4 Å². The van der Waals surface area contributed by atoms with Crippen molar-refractivity contribution in [2.24, 2.45) is 0 Å². The van der Waals surface area contributed by atoms with E-state index in [1.807, 2.05) is 31.2 Å². The van der Waals surface area contributed by atoms with Crippen LogP contribution in [0.4, 0.5) is 0 Å². The number of rotatable bonds is 5. The molecule has 0 bridgehead atoms. The molecule has 130 valence electrons. The van der Waals surface area contributed by atoms with Gasteiger partial charge in [-0.3, -0.25) is 4.79 Å². The number of methoxy groups -OCH3 is 1. The van der Waals surface area contributed by atoms with Gasteiger partial charge in [-0.1, -0.05) is 17.3 Å². The third-order valence-electron chi connectivity index (χ3n) is 3.90. The summed E-state index contributed by atoms with van der Waals surface area (Å²) in [7, 11) is 1.59. The molecule has 1 aliphatic rings. The Morgan fingerprint density at radius 2 is 2.25 bits per heavy atom. The van der Waals surface area contributed by atoms with Crippen molar-refractivity contribution in [1.82, 2.24) is 20.8 Å². The van der Waals surface area contributed by atoms with Gasteiger partial charge in [0.2, 0.25) is 17.6 Å². The highest BCUT2D eigenvalue weighted by Gasteiger charge is 2.25. The number of halogens is 1. The lowest BCUT2D eigenvalue weighted by Crippen LogP contribution is -2.41. The molecule has 2 unspecified atom stereocenters. The van der Waals surface area contributed by atoms with Gasteiger partial charge in [-0.05, 0) is 38.4 Å². The molecule has 0 spiro atoms. The van der Waals surface area contributed by atoms with E-state index in [0.29, 0.717) is 17.5 Å². The van der Waals surface area contributed by atoms with E-state index in [-0.39, 0.29) is 30.4 Å². The summed E-state index contributed by atoms with van der Waals surface area (Å²) in [5.74, 6) is 1.45. The Hall–Kier alpha value is -2.12. The second-order valence-corrected chi connectivity index (χ2v) is 5.54. The van der Waals surface area contributed by atoms with Crippen molar-refractivity contribution >= 4 is 18.3 Å². The maximum atomic E-state index is 12.1. The fourth-order valence-electron chi connectivity index (χ4n) is 2.63. The number of hydrogen-bond donors (Lipinski definition) is 2. The first-order chi connectivity index (χ1) is 11.2. The van der Waals surface area contributed by atoms with Crippen LogP contribution in [0.15, 0.2) is 28.8 Å². The molecule has 1 aromatic heterocycles. The molecule has 1 aliphatic heterocycles. The minimum atomic E-state index is -0.346. The molecule has 8 heteroatoms. The van der Waals surface area contributed by atoms with Crippen molar-refractivity contribution in [2.75, 3.05) is 13.7 Å². The van der Waals surface area contributed by atoms with Gasteiger partial charge >= 0.3 is 0 Å². The van der Waals surface area contributed by atoms with Crippen LogP contribution in [0.5, 0.6) is 5.75 Å². The molecule has 1 saturated heterocycles. The summed E-state index contributed by atoms with van der Waals surface area (Å²) in [6, 6.07) is 6.97. The van der Waals surface area contributed by atoms with Gasteiger partial charge < -0.3 is 19.9 Å². The first-order valence-corrected chi connectivity index (χ1v) is 7.70.